The van der Waals surface area contributed by atoms with Crippen LogP contribution in [0.3, 0.4) is 0 Å². The Morgan fingerprint density at radius 2 is 1.62 bits per heavy atom. The van der Waals surface area contributed by atoms with Crippen LogP contribution in [0.15, 0.2) is 53.4 Å². The molecule has 0 aliphatic carbocycles. The Labute approximate surface area is 169 Å². The minimum atomic E-state index is -3.68. The number of ether oxygens (including phenoxy) is 1. The van der Waals surface area contributed by atoms with Gasteiger partial charge in [0.2, 0.25) is 10.0 Å². The van der Waals surface area contributed by atoms with Crippen molar-refractivity contribution >= 4 is 15.9 Å². The molecule has 0 fully saturated rings. The zero-order valence-electron chi connectivity index (χ0n) is 16.6. The molecule has 1 N–H and O–H groups in total. The quantitative estimate of drug-likeness (QED) is 0.734. The second kappa shape index (κ2) is 8.87. The lowest BCUT2D eigenvalue weighted by atomic mass is 10.1. The number of halogens is 2. The van der Waals surface area contributed by atoms with Gasteiger partial charge in [0.1, 0.15) is 5.75 Å². The van der Waals surface area contributed by atoms with Crippen molar-refractivity contribution in [2.75, 3.05) is 7.05 Å². The van der Waals surface area contributed by atoms with Crippen LogP contribution in [0.4, 0.5) is 8.78 Å². The fourth-order valence-electron chi connectivity index (χ4n) is 2.58. The molecule has 29 heavy (non-hydrogen) atoms. The lowest BCUT2D eigenvalue weighted by Crippen LogP contribution is -2.40. The molecule has 9 heteroatoms. The molecule has 0 saturated heterocycles. The second-order valence-corrected chi connectivity index (χ2v) is 9.25. The van der Waals surface area contributed by atoms with Crippen molar-refractivity contribution in [2.45, 2.75) is 44.4 Å². The molecular weight excluding hydrogens is 402 g/mol. The van der Waals surface area contributed by atoms with Crippen LogP contribution in [-0.2, 0) is 16.6 Å². The number of hydrogen-bond acceptors (Lipinski definition) is 4. The van der Waals surface area contributed by atoms with Gasteiger partial charge in [0.25, 0.3) is 5.91 Å². The molecule has 1 amide bonds. The minimum Gasteiger partial charge on any atom is -0.435 e. The molecule has 6 nitrogen and oxygen atoms in total. The van der Waals surface area contributed by atoms with E-state index in [0.717, 1.165) is 5.56 Å². The first-order valence-corrected chi connectivity index (χ1v) is 10.3. The predicted octanol–water partition coefficient (Wildman–Crippen LogP) is 3.64. The van der Waals surface area contributed by atoms with Crippen molar-refractivity contribution in [3.8, 4) is 5.75 Å². The van der Waals surface area contributed by atoms with Gasteiger partial charge < -0.3 is 9.64 Å². The van der Waals surface area contributed by atoms with Gasteiger partial charge in [0.05, 0.1) is 4.90 Å². The third kappa shape index (κ3) is 6.79. The van der Waals surface area contributed by atoms with Crippen molar-refractivity contribution in [1.82, 2.24) is 9.62 Å². The number of sulfonamides is 1. The van der Waals surface area contributed by atoms with Crippen LogP contribution in [-0.4, -0.2) is 38.4 Å². The predicted molar refractivity (Wildman–Crippen MR) is 105 cm³/mol. The van der Waals surface area contributed by atoms with E-state index < -0.39 is 22.2 Å². The lowest BCUT2D eigenvalue weighted by Gasteiger charge is -2.21. The standard InChI is InChI=1S/C20H24F2N2O4S/c1-20(2,3)23-29(26,27)17-11-7-15(8-12-17)18(25)24(4)13-14-5-9-16(10-6-14)28-19(21)22/h5-12,19,23H,13H2,1-4H3. The van der Waals surface area contributed by atoms with Gasteiger partial charge in [-0.1, -0.05) is 12.1 Å². The van der Waals surface area contributed by atoms with E-state index in [-0.39, 0.29) is 23.1 Å². The molecule has 2 rings (SSSR count). The summed E-state index contributed by atoms with van der Waals surface area (Å²) in [6.07, 6.45) is 0. The third-order valence-electron chi connectivity index (χ3n) is 3.77. The van der Waals surface area contributed by atoms with Gasteiger partial charge in [0.15, 0.2) is 0 Å². The highest BCUT2D eigenvalue weighted by Crippen LogP contribution is 2.18. The number of benzene rings is 2. The smallest absolute Gasteiger partial charge is 0.387 e. The Bertz CT molecular complexity index is 938. The average Bonchev–Trinajstić information content (AvgIpc) is 2.60. The maximum Gasteiger partial charge on any atom is 0.387 e. The van der Waals surface area contributed by atoms with E-state index in [1.165, 1.54) is 41.3 Å². The Balaban J connectivity index is 2.06. The number of amides is 1. The molecule has 0 aliphatic rings. The number of carbonyl (C=O) groups excluding carboxylic acids is 1. The Hall–Kier alpha value is -2.52. The number of hydrogen-bond donors (Lipinski definition) is 1. The van der Waals surface area contributed by atoms with Gasteiger partial charge in [-0.3, -0.25) is 4.79 Å². The van der Waals surface area contributed by atoms with E-state index in [9.17, 15) is 22.0 Å². The summed E-state index contributed by atoms with van der Waals surface area (Å²) in [5.41, 5.74) is 0.444. The Kier molecular flexibility index (Phi) is 6.97. The summed E-state index contributed by atoms with van der Waals surface area (Å²) in [4.78, 5) is 14.1. The van der Waals surface area contributed by atoms with E-state index in [4.69, 9.17) is 0 Å². The van der Waals surface area contributed by atoms with Crippen LogP contribution < -0.4 is 9.46 Å². The molecule has 0 saturated carbocycles. The van der Waals surface area contributed by atoms with Gasteiger partial charge in [-0.2, -0.15) is 8.78 Å². The van der Waals surface area contributed by atoms with E-state index in [1.54, 1.807) is 40.0 Å². The molecule has 2 aromatic rings. The fourth-order valence-corrected chi connectivity index (χ4v) is 4.00. The van der Waals surface area contributed by atoms with Gasteiger partial charge in [-0.05, 0) is 62.7 Å². The number of carbonyl (C=O) groups is 1. The number of rotatable bonds is 7. The lowest BCUT2D eigenvalue weighted by molar-refractivity contribution is -0.0498. The topological polar surface area (TPSA) is 75.7 Å². The molecule has 0 aromatic heterocycles. The third-order valence-corrected chi connectivity index (χ3v) is 5.54. The largest absolute Gasteiger partial charge is 0.435 e. The molecule has 158 valence electrons. The number of alkyl halides is 2. The van der Waals surface area contributed by atoms with Crippen LogP contribution in [0.1, 0.15) is 36.7 Å². The van der Waals surface area contributed by atoms with Crippen molar-refractivity contribution in [2.24, 2.45) is 0 Å². The first-order chi connectivity index (χ1) is 13.4. The first-order valence-electron chi connectivity index (χ1n) is 8.81. The van der Waals surface area contributed by atoms with Crippen LogP contribution in [0.5, 0.6) is 5.75 Å². The molecule has 0 unspecified atom stereocenters. The zero-order valence-corrected chi connectivity index (χ0v) is 17.5. The summed E-state index contributed by atoms with van der Waals surface area (Å²) in [7, 11) is -2.09. The molecule has 0 radical (unpaired) electrons. The van der Waals surface area contributed by atoms with Crippen molar-refractivity contribution in [1.29, 1.82) is 0 Å². The van der Waals surface area contributed by atoms with Crippen molar-refractivity contribution in [3.05, 3.63) is 59.7 Å². The highest BCUT2D eigenvalue weighted by molar-refractivity contribution is 7.89. The first kappa shape index (κ1) is 22.8. The zero-order chi connectivity index (χ0) is 21.8. The molecule has 2 aromatic carbocycles. The highest BCUT2D eigenvalue weighted by atomic mass is 32.2. The maximum absolute atomic E-state index is 12.6. The van der Waals surface area contributed by atoms with E-state index in [1.807, 2.05) is 0 Å². The highest BCUT2D eigenvalue weighted by Gasteiger charge is 2.22. The van der Waals surface area contributed by atoms with Crippen LogP contribution >= 0.6 is 0 Å². The normalized spacial score (nSPS) is 12.1. The van der Waals surface area contributed by atoms with Gasteiger partial charge in [-0.25, -0.2) is 13.1 Å². The Morgan fingerprint density at radius 1 is 1.07 bits per heavy atom. The maximum atomic E-state index is 12.6. The summed E-state index contributed by atoms with van der Waals surface area (Å²) in [5.74, 6) is -0.260. The van der Waals surface area contributed by atoms with Crippen LogP contribution in [0.2, 0.25) is 0 Å². The SMILES string of the molecule is CN(Cc1ccc(OC(F)F)cc1)C(=O)c1ccc(S(=O)(=O)NC(C)(C)C)cc1. The summed E-state index contributed by atoms with van der Waals surface area (Å²) in [6, 6.07) is 11.7. The van der Waals surface area contributed by atoms with Crippen LogP contribution in [0.25, 0.3) is 0 Å². The molecule has 0 aliphatic heterocycles. The van der Waals surface area contributed by atoms with E-state index in [0.29, 0.717) is 5.56 Å². The van der Waals surface area contributed by atoms with Gasteiger partial charge in [0, 0.05) is 24.7 Å². The Morgan fingerprint density at radius 3 is 2.10 bits per heavy atom. The molecular formula is C20H24F2N2O4S. The summed E-state index contributed by atoms with van der Waals surface area (Å²) < 4.78 is 55.9. The molecule has 0 spiro atoms. The monoisotopic (exact) mass is 426 g/mol. The van der Waals surface area contributed by atoms with Gasteiger partial charge in [-0.15, -0.1) is 0 Å². The summed E-state index contributed by atoms with van der Waals surface area (Å²) in [6.45, 7) is 2.58. The number of nitrogens with zero attached hydrogens (tertiary/aromatic N) is 1. The summed E-state index contributed by atoms with van der Waals surface area (Å²) in [5, 5.41) is 0. The molecule has 0 bridgehead atoms. The van der Waals surface area contributed by atoms with E-state index >= 15 is 0 Å². The van der Waals surface area contributed by atoms with Crippen LogP contribution in [0, 0.1) is 0 Å². The van der Waals surface area contributed by atoms with E-state index in [2.05, 4.69) is 9.46 Å². The van der Waals surface area contributed by atoms with Crippen molar-refractivity contribution < 1.29 is 26.7 Å². The van der Waals surface area contributed by atoms with Gasteiger partial charge >= 0.3 is 6.61 Å². The summed E-state index contributed by atoms with van der Waals surface area (Å²) >= 11 is 0. The fraction of sp³-hybridized carbons (Fsp3) is 0.350. The number of nitrogens with one attached hydrogen (secondary N) is 1. The van der Waals surface area contributed by atoms with Crippen molar-refractivity contribution in [3.63, 3.8) is 0 Å². The average molecular weight is 426 g/mol. The minimum absolute atomic E-state index is 0.0402. The molecule has 0 heterocycles. The second-order valence-electron chi connectivity index (χ2n) is 7.56. The molecule has 0 atom stereocenters.